The smallest absolute Gasteiger partial charge is 0.211 e. The van der Waals surface area contributed by atoms with Crippen LogP contribution in [0.15, 0.2) is 48.5 Å². The summed E-state index contributed by atoms with van der Waals surface area (Å²) in [5, 5.41) is 2.54. The largest absolute Gasteiger partial charge is 0.489 e. The first-order chi connectivity index (χ1) is 8.78. The van der Waals surface area contributed by atoms with Gasteiger partial charge in [-0.1, -0.05) is 18.2 Å². The lowest BCUT2D eigenvalue weighted by atomic mass is 10.2. The molecule has 1 N–H and O–H groups in total. The predicted octanol–water partition coefficient (Wildman–Crippen LogP) is 2.97. The number of ether oxygens (including phenoxy) is 1. The Hall–Kier alpha value is -2.36. The first-order valence-corrected chi connectivity index (χ1v) is 5.45. The van der Waals surface area contributed by atoms with E-state index in [1.54, 1.807) is 36.4 Å². The van der Waals surface area contributed by atoms with E-state index in [9.17, 15) is 9.18 Å². The lowest BCUT2D eigenvalue weighted by Gasteiger charge is -2.07. The number of carbonyl (C=O) groups excluding carboxylic acids is 1. The second-order valence-corrected chi connectivity index (χ2v) is 3.71. The third-order valence-electron chi connectivity index (χ3n) is 2.38. The van der Waals surface area contributed by atoms with E-state index in [4.69, 9.17) is 4.74 Å². The Balaban J connectivity index is 1.99. The van der Waals surface area contributed by atoms with Crippen LogP contribution in [0.5, 0.6) is 5.75 Å². The highest BCUT2D eigenvalue weighted by Gasteiger charge is 1.98. The number of hydrogen-bond acceptors (Lipinski definition) is 2. The zero-order chi connectivity index (χ0) is 12.8. The van der Waals surface area contributed by atoms with Crippen LogP contribution in [-0.2, 0) is 11.4 Å². The highest BCUT2D eigenvalue weighted by Crippen LogP contribution is 2.18. The van der Waals surface area contributed by atoms with Gasteiger partial charge < -0.3 is 10.1 Å². The molecular formula is C14H12FNO2. The molecule has 0 aliphatic rings. The van der Waals surface area contributed by atoms with Gasteiger partial charge >= 0.3 is 0 Å². The van der Waals surface area contributed by atoms with Crippen molar-refractivity contribution in [2.24, 2.45) is 0 Å². The van der Waals surface area contributed by atoms with Crippen molar-refractivity contribution in [3.05, 3.63) is 59.9 Å². The van der Waals surface area contributed by atoms with Gasteiger partial charge in [0, 0.05) is 11.8 Å². The van der Waals surface area contributed by atoms with E-state index >= 15 is 0 Å². The Labute approximate surface area is 104 Å². The standard InChI is InChI=1S/C14H12FNO2/c15-12-6-4-11(5-7-12)9-18-14-3-1-2-13(8-14)16-10-17/h1-8,10H,9H2,(H,16,17). The van der Waals surface area contributed by atoms with Crippen LogP contribution in [-0.4, -0.2) is 6.41 Å². The number of amides is 1. The van der Waals surface area contributed by atoms with Gasteiger partial charge in [0.1, 0.15) is 18.2 Å². The molecule has 2 rings (SSSR count). The Bertz CT molecular complexity index is 526. The van der Waals surface area contributed by atoms with Crippen molar-refractivity contribution < 1.29 is 13.9 Å². The lowest BCUT2D eigenvalue weighted by molar-refractivity contribution is -0.105. The minimum Gasteiger partial charge on any atom is -0.489 e. The van der Waals surface area contributed by atoms with Crippen LogP contribution < -0.4 is 10.1 Å². The van der Waals surface area contributed by atoms with E-state index in [2.05, 4.69) is 5.32 Å². The molecule has 0 aromatic heterocycles. The number of halogens is 1. The Kier molecular flexibility index (Phi) is 3.91. The average Bonchev–Trinajstić information content (AvgIpc) is 2.39. The molecule has 2 aromatic carbocycles. The molecule has 0 aliphatic heterocycles. The molecule has 0 unspecified atom stereocenters. The number of benzene rings is 2. The Morgan fingerprint density at radius 2 is 1.94 bits per heavy atom. The third-order valence-corrected chi connectivity index (χ3v) is 2.38. The third kappa shape index (κ3) is 3.31. The SMILES string of the molecule is O=CNc1cccc(OCc2ccc(F)cc2)c1. The van der Waals surface area contributed by atoms with Gasteiger partial charge in [0.2, 0.25) is 6.41 Å². The molecule has 2 aromatic rings. The van der Waals surface area contributed by atoms with Gasteiger partial charge in [-0.15, -0.1) is 0 Å². The van der Waals surface area contributed by atoms with Gasteiger partial charge in [-0.25, -0.2) is 4.39 Å². The molecule has 0 aliphatic carbocycles. The summed E-state index contributed by atoms with van der Waals surface area (Å²) in [5.74, 6) is 0.377. The molecule has 4 heteroatoms. The van der Waals surface area contributed by atoms with E-state index in [1.165, 1.54) is 12.1 Å². The Morgan fingerprint density at radius 3 is 2.67 bits per heavy atom. The normalized spacial score (nSPS) is 9.83. The van der Waals surface area contributed by atoms with Crippen LogP contribution in [0.2, 0.25) is 0 Å². The number of nitrogens with one attached hydrogen (secondary N) is 1. The minimum absolute atomic E-state index is 0.268. The molecule has 3 nitrogen and oxygen atoms in total. The summed E-state index contributed by atoms with van der Waals surface area (Å²) >= 11 is 0. The van der Waals surface area contributed by atoms with Gasteiger partial charge in [-0.3, -0.25) is 4.79 Å². The molecule has 0 bridgehead atoms. The monoisotopic (exact) mass is 245 g/mol. The molecular weight excluding hydrogens is 233 g/mol. The van der Waals surface area contributed by atoms with E-state index in [0.29, 0.717) is 24.5 Å². The summed E-state index contributed by atoms with van der Waals surface area (Å²) < 4.78 is 18.2. The van der Waals surface area contributed by atoms with Crippen molar-refractivity contribution in [1.82, 2.24) is 0 Å². The molecule has 0 atom stereocenters. The average molecular weight is 245 g/mol. The van der Waals surface area contributed by atoms with Gasteiger partial charge in [-0.05, 0) is 29.8 Å². The molecule has 18 heavy (non-hydrogen) atoms. The summed E-state index contributed by atoms with van der Waals surface area (Å²) in [6, 6.07) is 13.2. The zero-order valence-corrected chi connectivity index (χ0v) is 9.60. The van der Waals surface area contributed by atoms with Gasteiger partial charge in [0.25, 0.3) is 0 Å². The van der Waals surface area contributed by atoms with Crippen molar-refractivity contribution in [2.75, 3.05) is 5.32 Å². The highest BCUT2D eigenvalue weighted by atomic mass is 19.1. The quantitative estimate of drug-likeness (QED) is 0.822. The first-order valence-electron chi connectivity index (χ1n) is 5.45. The van der Waals surface area contributed by atoms with E-state index < -0.39 is 0 Å². The van der Waals surface area contributed by atoms with Crippen LogP contribution >= 0.6 is 0 Å². The van der Waals surface area contributed by atoms with Crippen molar-refractivity contribution in [3.8, 4) is 5.75 Å². The molecule has 0 saturated heterocycles. The van der Waals surface area contributed by atoms with Gasteiger partial charge in [-0.2, -0.15) is 0 Å². The fourth-order valence-electron chi connectivity index (χ4n) is 1.49. The molecule has 0 fully saturated rings. The first kappa shape index (κ1) is 12.1. The zero-order valence-electron chi connectivity index (χ0n) is 9.60. The van der Waals surface area contributed by atoms with Crippen LogP contribution in [0, 0.1) is 5.82 Å². The topological polar surface area (TPSA) is 38.3 Å². The van der Waals surface area contributed by atoms with Crippen molar-refractivity contribution in [3.63, 3.8) is 0 Å². The van der Waals surface area contributed by atoms with E-state index in [-0.39, 0.29) is 5.82 Å². The van der Waals surface area contributed by atoms with Crippen molar-refractivity contribution >= 4 is 12.1 Å². The maximum absolute atomic E-state index is 12.7. The maximum Gasteiger partial charge on any atom is 0.211 e. The highest BCUT2D eigenvalue weighted by molar-refractivity contribution is 5.71. The molecule has 0 spiro atoms. The molecule has 0 heterocycles. The van der Waals surface area contributed by atoms with E-state index in [0.717, 1.165) is 5.56 Å². The number of carbonyl (C=O) groups is 1. The summed E-state index contributed by atoms with van der Waals surface area (Å²) in [7, 11) is 0. The van der Waals surface area contributed by atoms with Gasteiger partial charge in [0.05, 0.1) is 0 Å². The summed E-state index contributed by atoms with van der Waals surface area (Å²) in [6.07, 6.45) is 0.610. The summed E-state index contributed by atoms with van der Waals surface area (Å²) in [5.41, 5.74) is 1.55. The molecule has 0 radical (unpaired) electrons. The molecule has 0 saturated carbocycles. The van der Waals surface area contributed by atoms with Crippen LogP contribution in [0.25, 0.3) is 0 Å². The predicted molar refractivity (Wildman–Crippen MR) is 66.9 cm³/mol. The van der Waals surface area contributed by atoms with Crippen LogP contribution in [0.4, 0.5) is 10.1 Å². The number of rotatable bonds is 5. The second-order valence-electron chi connectivity index (χ2n) is 3.71. The summed E-state index contributed by atoms with van der Waals surface area (Å²) in [6.45, 7) is 0.352. The summed E-state index contributed by atoms with van der Waals surface area (Å²) in [4.78, 5) is 10.3. The fourth-order valence-corrected chi connectivity index (χ4v) is 1.49. The minimum atomic E-state index is -0.268. The number of hydrogen-bond donors (Lipinski definition) is 1. The lowest BCUT2D eigenvalue weighted by Crippen LogP contribution is -1.97. The van der Waals surface area contributed by atoms with Crippen LogP contribution in [0.3, 0.4) is 0 Å². The van der Waals surface area contributed by atoms with Gasteiger partial charge in [0.15, 0.2) is 0 Å². The maximum atomic E-state index is 12.7. The fraction of sp³-hybridized carbons (Fsp3) is 0.0714. The van der Waals surface area contributed by atoms with E-state index in [1.807, 2.05) is 0 Å². The van der Waals surface area contributed by atoms with Crippen LogP contribution in [0.1, 0.15) is 5.56 Å². The number of anilines is 1. The second kappa shape index (κ2) is 5.82. The molecule has 92 valence electrons. The van der Waals surface area contributed by atoms with Crippen molar-refractivity contribution in [1.29, 1.82) is 0 Å². The van der Waals surface area contributed by atoms with Crippen molar-refractivity contribution in [2.45, 2.75) is 6.61 Å². The Morgan fingerprint density at radius 1 is 1.17 bits per heavy atom. The molecule has 1 amide bonds.